The number of carbonyl (C=O) groups is 1. The van der Waals surface area contributed by atoms with Crippen LogP contribution in [0.5, 0.6) is 0 Å². The van der Waals surface area contributed by atoms with Gasteiger partial charge in [-0.2, -0.15) is 0 Å². The van der Waals surface area contributed by atoms with E-state index in [0.717, 1.165) is 25.2 Å². The standard InChI is InChI=1S/C23H23F2N3O2/c24-17-5-7-18(8-6-17)28-12-11-16(15-28)13-26-22(29)9-10-23-27-14-21(30-23)19-3-1-2-4-20(19)25/h1-8,14,16H,9-13,15H2,(H,26,29). The van der Waals surface area contributed by atoms with E-state index in [4.69, 9.17) is 4.42 Å². The van der Waals surface area contributed by atoms with E-state index in [0.29, 0.717) is 36.1 Å². The van der Waals surface area contributed by atoms with E-state index in [1.54, 1.807) is 30.3 Å². The van der Waals surface area contributed by atoms with Crippen LogP contribution in [0.25, 0.3) is 11.3 Å². The number of anilines is 1. The zero-order valence-corrected chi connectivity index (χ0v) is 16.5. The second-order valence-corrected chi connectivity index (χ2v) is 7.48. The lowest BCUT2D eigenvalue weighted by atomic mass is 10.1. The van der Waals surface area contributed by atoms with Crippen molar-refractivity contribution >= 4 is 11.6 Å². The van der Waals surface area contributed by atoms with Gasteiger partial charge in [-0.3, -0.25) is 4.79 Å². The third-order valence-electron chi connectivity index (χ3n) is 5.32. The molecular formula is C23H23F2N3O2. The number of benzene rings is 2. The average Bonchev–Trinajstić information content (AvgIpc) is 3.41. The Morgan fingerprint density at radius 1 is 1.17 bits per heavy atom. The van der Waals surface area contributed by atoms with Crippen molar-refractivity contribution in [2.45, 2.75) is 19.3 Å². The monoisotopic (exact) mass is 411 g/mol. The number of nitrogens with zero attached hydrogens (tertiary/aromatic N) is 2. The number of carbonyl (C=O) groups excluding carboxylic acids is 1. The van der Waals surface area contributed by atoms with Crippen LogP contribution in [0.2, 0.25) is 0 Å². The smallest absolute Gasteiger partial charge is 0.220 e. The van der Waals surface area contributed by atoms with Crippen LogP contribution >= 0.6 is 0 Å². The number of hydrogen-bond donors (Lipinski definition) is 1. The predicted octanol–water partition coefficient (Wildman–Crippen LogP) is 4.20. The van der Waals surface area contributed by atoms with E-state index in [9.17, 15) is 13.6 Å². The van der Waals surface area contributed by atoms with Crippen LogP contribution in [0.15, 0.2) is 59.1 Å². The fraction of sp³-hybridized carbons (Fsp3) is 0.304. The van der Waals surface area contributed by atoms with Gasteiger partial charge in [-0.15, -0.1) is 0 Å². The lowest BCUT2D eigenvalue weighted by molar-refractivity contribution is -0.121. The Kier molecular flexibility index (Phi) is 6.07. The topological polar surface area (TPSA) is 58.4 Å². The highest BCUT2D eigenvalue weighted by molar-refractivity contribution is 5.76. The van der Waals surface area contributed by atoms with E-state index in [1.165, 1.54) is 24.4 Å². The molecule has 1 atom stereocenters. The van der Waals surface area contributed by atoms with Crippen LogP contribution < -0.4 is 10.2 Å². The minimum atomic E-state index is -0.371. The van der Waals surface area contributed by atoms with Crippen molar-refractivity contribution in [3.8, 4) is 11.3 Å². The number of nitrogens with one attached hydrogen (secondary N) is 1. The average molecular weight is 411 g/mol. The van der Waals surface area contributed by atoms with Crippen LogP contribution in [0.3, 0.4) is 0 Å². The fourth-order valence-corrected chi connectivity index (χ4v) is 3.66. The third-order valence-corrected chi connectivity index (χ3v) is 5.32. The Balaban J connectivity index is 1.21. The molecule has 0 bridgehead atoms. The van der Waals surface area contributed by atoms with Gasteiger partial charge >= 0.3 is 0 Å². The SMILES string of the molecule is O=C(CCc1ncc(-c2ccccc2F)o1)NCC1CCN(c2ccc(F)cc2)C1. The largest absolute Gasteiger partial charge is 0.441 e. The summed E-state index contributed by atoms with van der Waals surface area (Å²) in [5.41, 5.74) is 1.35. The van der Waals surface area contributed by atoms with Crippen molar-refractivity contribution in [1.29, 1.82) is 0 Å². The van der Waals surface area contributed by atoms with Gasteiger partial charge in [0, 0.05) is 38.2 Å². The highest BCUT2D eigenvalue weighted by Crippen LogP contribution is 2.24. The molecule has 4 rings (SSSR count). The zero-order chi connectivity index (χ0) is 20.9. The van der Waals surface area contributed by atoms with Gasteiger partial charge in [0.05, 0.1) is 11.8 Å². The Hall–Kier alpha value is -3.22. The number of halogens is 2. The number of aryl methyl sites for hydroxylation is 1. The molecule has 1 saturated heterocycles. The molecule has 0 radical (unpaired) electrons. The Morgan fingerprint density at radius 3 is 2.77 bits per heavy atom. The summed E-state index contributed by atoms with van der Waals surface area (Å²) in [5, 5.41) is 2.97. The third kappa shape index (κ3) is 4.84. The maximum absolute atomic E-state index is 13.8. The minimum Gasteiger partial charge on any atom is -0.441 e. The van der Waals surface area contributed by atoms with Gasteiger partial charge in [-0.25, -0.2) is 13.8 Å². The Morgan fingerprint density at radius 2 is 1.97 bits per heavy atom. The first kappa shape index (κ1) is 20.1. The molecule has 0 spiro atoms. The second kappa shape index (κ2) is 9.07. The molecule has 7 heteroatoms. The molecule has 0 saturated carbocycles. The predicted molar refractivity (Wildman–Crippen MR) is 110 cm³/mol. The molecule has 2 aromatic carbocycles. The molecule has 1 N–H and O–H groups in total. The summed E-state index contributed by atoms with van der Waals surface area (Å²) in [6.07, 6.45) is 3.07. The number of oxazole rings is 1. The minimum absolute atomic E-state index is 0.0686. The molecule has 1 unspecified atom stereocenters. The van der Waals surface area contributed by atoms with Gasteiger partial charge in [-0.05, 0) is 48.7 Å². The molecule has 30 heavy (non-hydrogen) atoms. The van der Waals surface area contributed by atoms with Gasteiger partial charge in [-0.1, -0.05) is 12.1 Å². The van der Waals surface area contributed by atoms with E-state index < -0.39 is 0 Å². The van der Waals surface area contributed by atoms with Crippen LogP contribution in [0.1, 0.15) is 18.7 Å². The molecule has 1 amide bonds. The molecule has 1 aliphatic heterocycles. The summed E-state index contributed by atoms with van der Waals surface area (Å²) < 4.78 is 32.5. The maximum Gasteiger partial charge on any atom is 0.220 e. The van der Waals surface area contributed by atoms with Gasteiger partial charge in [0.2, 0.25) is 5.91 Å². The summed E-state index contributed by atoms with van der Waals surface area (Å²) in [7, 11) is 0. The molecule has 3 aromatic rings. The van der Waals surface area contributed by atoms with Gasteiger partial charge in [0.15, 0.2) is 11.7 Å². The normalized spacial score (nSPS) is 16.1. The number of aromatic nitrogens is 1. The van der Waals surface area contributed by atoms with Gasteiger partial charge in [0.25, 0.3) is 0 Å². The lowest BCUT2D eigenvalue weighted by Crippen LogP contribution is -2.31. The molecule has 1 fully saturated rings. The molecule has 156 valence electrons. The summed E-state index contributed by atoms with van der Waals surface area (Å²) in [6.45, 7) is 2.32. The molecule has 1 aromatic heterocycles. The summed E-state index contributed by atoms with van der Waals surface area (Å²) in [5.74, 6) is 0.439. The van der Waals surface area contributed by atoms with Gasteiger partial charge < -0.3 is 14.6 Å². The second-order valence-electron chi connectivity index (χ2n) is 7.48. The molecule has 5 nitrogen and oxygen atoms in total. The quantitative estimate of drug-likeness (QED) is 0.633. The van der Waals surface area contributed by atoms with Crippen LogP contribution in [0, 0.1) is 17.6 Å². The number of rotatable bonds is 7. The highest BCUT2D eigenvalue weighted by Gasteiger charge is 2.23. The summed E-state index contributed by atoms with van der Waals surface area (Å²) >= 11 is 0. The van der Waals surface area contributed by atoms with Crippen molar-refractivity contribution < 1.29 is 18.0 Å². The van der Waals surface area contributed by atoms with Crippen molar-refractivity contribution in [1.82, 2.24) is 10.3 Å². The van der Waals surface area contributed by atoms with Crippen LogP contribution in [0.4, 0.5) is 14.5 Å². The molecular weight excluding hydrogens is 388 g/mol. The first-order valence-corrected chi connectivity index (χ1v) is 10.1. The lowest BCUT2D eigenvalue weighted by Gasteiger charge is -2.18. The molecule has 1 aliphatic rings. The first-order chi connectivity index (χ1) is 14.6. The number of amides is 1. The van der Waals surface area contributed by atoms with Crippen molar-refractivity contribution in [2.75, 3.05) is 24.5 Å². The van der Waals surface area contributed by atoms with Crippen molar-refractivity contribution in [2.24, 2.45) is 5.92 Å². The van der Waals surface area contributed by atoms with Crippen molar-refractivity contribution in [3.05, 3.63) is 72.3 Å². The fourth-order valence-electron chi connectivity index (χ4n) is 3.66. The highest BCUT2D eigenvalue weighted by atomic mass is 19.1. The first-order valence-electron chi connectivity index (χ1n) is 10.1. The van der Waals surface area contributed by atoms with Crippen LogP contribution in [-0.4, -0.2) is 30.5 Å². The molecule has 0 aliphatic carbocycles. The summed E-state index contributed by atoms with van der Waals surface area (Å²) in [6, 6.07) is 12.8. The molecule has 2 heterocycles. The van der Waals surface area contributed by atoms with Crippen molar-refractivity contribution in [3.63, 3.8) is 0 Å². The zero-order valence-electron chi connectivity index (χ0n) is 16.5. The van der Waals surface area contributed by atoms with E-state index in [2.05, 4.69) is 15.2 Å². The van der Waals surface area contributed by atoms with Gasteiger partial charge in [0.1, 0.15) is 11.6 Å². The van der Waals surface area contributed by atoms with E-state index >= 15 is 0 Å². The van der Waals surface area contributed by atoms with Crippen LogP contribution in [-0.2, 0) is 11.2 Å². The Bertz CT molecular complexity index is 1000. The van der Waals surface area contributed by atoms with E-state index in [1.807, 2.05) is 0 Å². The van der Waals surface area contributed by atoms with E-state index in [-0.39, 0.29) is 24.0 Å². The Labute approximate surface area is 173 Å². The maximum atomic E-state index is 13.8. The number of hydrogen-bond acceptors (Lipinski definition) is 4. The summed E-state index contributed by atoms with van der Waals surface area (Å²) in [4.78, 5) is 18.5.